The summed E-state index contributed by atoms with van der Waals surface area (Å²) >= 11 is 1.50. The van der Waals surface area contributed by atoms with Gasteiger partial charge in [0.15, 0.2) is 5.37 Å². The summed E-state index contributed by atoms with van der Waals surface area (Å²) in [7, 11) is 1.38. The van der Waals surface area contributed by atoms with Gasteiger partial charge < -0.3 is 4.74 Å². The van der Waals surface area contributed by atoms with Crippen LogP contribution in [0.1, 0.15) is 6.92 Å². The fourth-order valence-corrected chi connectivity index (χ4v) is 1.66. The van der Waals surface area contributed by atoms with E-state index in [-0.39, 0.29) is 11.3 Å². The molecule has 1 rings (SSSR count). The average Bonchev–Trinajstić information content (AvgIpc) is 2.34. The number of hydrogen-bond acceptors (Lipinski definition) is 4. The highest BCUT2D eigenvalue weighted by atomic mass is 32.2. The standard InChI is InChI=1S/C6H9NO2S/c1-4-3-10-5(7-4)6(8)9-2/h5H,3H2,1-2H3/t5-/m0/s1. The molecule has 56 valence electrons. The van der Waals surface area contributed by atoms with E-state index >= 15 is 0 Å². The van der Waals surface area contributed by atoms with E-state index in [1.54, 1.807) is 0 Å². The molecular weight excluding hydrogens is 150 g/mol. The zero-order valence-electron chi connectivity index (χ0n) is 5.96. The molecule has 4 heteroatoms. The zero-order chi connectivity index (χ0) is 7.56. The SMILES string of the molecule is COC(=O)[C@H]1N=C(C)CS1. The molecule has 0 aliphatic carbocycles. The maximum absolute atomic E-state index is 10.8. The van der Waals surface area contributed by atoms with Crippen molar-refractivity contribution in [1.82, 2.24) is 0 Å². The Hall–Kier alpha value is -0.510. The topological polar surface area (TPSA) is 38.7 Å². The smallest absolute Gasteiger partial charge is 0.341 e. The first-order valence-electron chi connectivity index (χ1n) is 2.96. The van der Waals surface area contributed by atoms with Crippen LogP contribution in [0.3, 0.4) is 0 Å². The van der Waals surface area contributed by atoms with Gasteiger partial charge in [-0.3, -0.25) is 4.99 Å². The second-order valence-electron chi connectivity index (χ2n) is 2.05. The van der Waals surface area contributed by atoms with Crippen LogP contribution >= 0.6 is 11.8 Å². The van der Waals surface area contributed by atoms with Crippen LogP contribution in [0.2, 0.25) is 0 Å². The zero-order valence-corrected chi connectivity index (χ0v) is 6.77. The second kappa shape index (κ2) is 3.05. The quantitative estimate of drug-likeness (QED) is 0.528. The van der Waals surface area contributed by atoms with E-state index in [4.69, 9.17) is 0 Å². The van der Waals surface area contributed by atoms with Gasteiger partial charge in [-0.2, -0.15) is 0 Å². The lowest BCUT2D eigenvalue weighted by molar-refractivity contribution is -0.139. The molecule has 0 N–H and O–H groups in total. The third-order valence-electron chi connectivity index (χ3n) is 1.19. The molecule has 10 heavy (non-hydrogen) atoms. The molecule has 0 aromatic rings. The summed E-state index contributed by atoms with van der Waals surface area (Å²) in [6, 6.07) is 0. The number of hydrogen-bond donors (Lipinski definition) is 0. The Morgan fingerprint density at radius 2 is 2.60 bits per heavy atom. The number of methoxy groups -OCH3 is 1. The van der Waals surface area contributed by atoms with E-state index in [1.807, 2.05) is 6.92 Å². The molecule has 0 bridgehead atoms. The Balaban J connectivity index is 2.52. The molecule has 1 aliphatic heterocycles. The predicted octanol–water partition coefficient (Wildman–Crippen LogP) is 0.693. The number of thioether (sulfide) groups is 1. The lowest BCUT2D eigenvalue weighted by atomic mass is 10.5. The number of rotatable bonds is 1. The van der Waals surface area contributed by atoms with Crippen molar-refractivity contribution in [2.45, 2.75) is 12.3 Å². The molecule has 0 unspecified atom stereocenters. The minimum Gasteiger partial charge on any atom is -0.467 e. The first-order valence-corrected chi connectivity index (χ1v) is 4.01. The van der Waals surface area contributed by atoms with Gasteiger partial charge in [-0.15, -0.1) is 11.8 Å². The van der Waals surface area contributed by atoms with Gasteiger partial charge in [0.2, 0.25) is 0 Å². The van der Waals surface area contributed by atoms with E-state index in [0.29, 0.717) is 0 Å². The Labute approximate surface area is 63.9 Å². The van der Waals surface area contributed by atoms with E-state index in [1.165, 1.54) is 18.9 Å². The minimum absolute atomic E-state index is 0.248. The van der Waals surface area contributed by atoms with Crippen LogP contribution in [0, 0.1) is 0 Å². The monoisotopic (exact) mass is 159 g/mol. The molecule has 3 nitrogen and oxygen atoms in total. The summed E-state index contributed by atoms with van der Waals surface area (Å²) in [5.41, 5.74) is 1.01. The molecule has 0 aromatic heterocycles. The van der Waals surface area contributed by atoms with E-state index < -0.39 is 0 Å². The average molecular weight is 159 g/mol. The molecule has 0 saturated heterocycles. The van der Waals surface area contributed by atoms with Crippen molar-refractivity contribution in [2.24, 2.45) is 4.99 Å². The van der Waals surface area contributed by atoms with Crippen LogP contribution in [0.5, 0.6) is 0 Å². The summed E-state index contributed by atoms with van der Waals surface area (Å²) < 4.78 is 4.52. The number of nitrogens with zero attached hydrogens (tertiary/aromatic N) is 1. The third-order valence-corrected chi connectivity index (χ3v) is 2.39. The van der Waals surface area contributed by atoms with Crippen LogP contribution in [-0.2, 0) is 9.53 Å². The van der Waals surface area contributed by atoms with E-state index in [0.717, 1.165) is 11.5 Å². The maximum Gasteiger partial charge on any atom is 0.341 e. The fourth-order valence-electron chi connectivity index (χ4n) is 0.696. The molecule has 0 amide bonds. The molecule has 0 radical (unpaired) electrons. The van der Waals surface area contributed by atoms with Crippen molar-refractivity contribution in [3.63, 3.8) is 0 Å². The van der Waals surface area contributed by atoms with Crippen molar-refractivity contribution < 1.29 is 9.53 Å². The lowest BCUT2D eigenvalue weighted by Gasteiger charge is -2.00. The Morgan fingerprint density at radius 1 is 1.90 bits per heavy atom. The van der Waals surface area contributed by atoms with Gasteiger partial charge in [-0.05, 0) is 6.92 Å². The molecule has 1 aliphatic rings. The molecular formula is C6H9NO2S. The van der Waals surface area contributed by atoms with Crippen molar-refractivity contribution in [3.8, 4) is 0 Å². The summed E-state index contributed by atoms with van der Waals surface area (Å²) in [4.78, 5) is 14.9. The lowest BCUT2D eigenvalue weighted by Crippen LogP contribution is -2.13. The summed E-state index contributed by atoms with van der Waals surface area (Å²) in [5, 5.41) is -0.301. The number of carbonyl (C=O) groups excluding carboxylic acids is 1. The van der Waals surface area contributed by atoms with Crippen LogP contribution in [0.15, 0.2) is 4.99 Å². The fraction of sp³-hybridized carbons (Fsp3) is 0.667. The van der Waals surface area contributed by atoms with Crippen LogP contribution in [-0.4, -0.2) is 29.9 Å². The molecule has 0 fully saturated rings. The number of carbonyl (C=O) groups is 1. The van der Waals surface area contributed by atoms with Gasteiger partial charge in [-0.25, -0.2) is 4.79 Å². The summed E-state index contributed by atoms with van der Waals surface area (Å²) in [5.74, 6) is 0.599. The van der Waals surface area contributed by atoms with Crippen LogP contribution in [0.25, 0.3) is 0 Å². The van der Waals surface area contributed by atoms with Crippen LogP contribution < -0.4 is 0 Å². The highest BCUT2D eigenvalue weighted by molar-refractivity contribution is 8.01. The van der Waals surface area contributed by atoms with Crippen molar-refractivity contribution >= 4 is 23.4 Å². The summed E-state index contributed by atoms with van der Waals surface area (Å²) in [6.07, 6.45) is 0. The Bertz CT molecular complexity index is 179. The minimum atomic E-state index is -0.301. The summed E-state index contributed by atoms with van der Waals surface area (Å²) in [6.45, 7) is 1.91. The van der Waals surface area contributed by atoms with Gasteiger partial charge in [-0.1, -0.05) is 0 Å². The van der Waals surface area contributed by atoms with Crippen molar-refractivity contribution in [3.05, 3.63) is 0 Å². The van der Waals surface area contributed by atoms with Crippen molar-refractivity contribution in [2.75, 3.05) is 12.9 Å². The van der Waals surface area contributed by atoms with E-state index in [2.05, 4.69) is 9.73 Å². The maximum atomic E-state index is 10.8. The molecule has 1 heterocycles. The highest BCUT2D eigenvalue weighted by Gasteiger charge is 2.23. The molecule has 1 atom stereocenters. The first kappa shape index (κ1) is 7.60. The molecule has 0 saturated carbocycles. The number of esters is 1. The number of aliphatic imine (C=N–C) groups is 1. The van der Waals surface area contributed by atoms with Gasteiger partial charge in [0.1, 0.15) is 0 Å². The third kappa shape index (κ3) is 1.50. The molecule has 0 aromatic carbocycles. The largest absolute Gasteiger partial charge is 0.467 e. The Morgan fingerprint density at radius 3 is 3.00 bits per heavy atom. The normalized spacial score (nSPS) is 24.2. The van der Waals surface area contributed by atoms with Gasteiger partial charge >= 0.3 is 5.97 Å². The van der Waals surface area contributed by atoms with Gasteiger partial charge in [0.05, 0.1) is 7.11 Å². The van der Waals surface area contributed by atoms with Gasteiger partial charge in [0, 0.05) is 11.5 Å². The Kier molecular flexibility index (Phi) is 2.32. The first-order chi connectivity index (χ1) is 4.74. The highest BCUT2D eigenvalue weighted by Crippen LogP contribution is 2.20. The number of ether oxygens (including phenoxy) is 1. The van der Waals surface area contributed by atoms with E-state index in [9.17, 15) is 4.79 Å². The van der Waals surface area contributed by atoms with Crippen molar-refractivity contribution in [1.29, 1.82) is 0 Å². The van der Waals surface area contributed by atoms with Gasteiger partial charge in [0.25, 0.3) is 0 Å². The predicted molar refractivity (Wildman–Crippen MR) is 41.4 cm³/mol. The molecule has 0 spiro atoms. The second-order valence-corrected chi connectivity index (χ2v) is 3.12. The van der Waals surface area contributed by atoms with Crippen LogP contribution in [0.4, 0.5) is 0 Å².